The van der Waals surface area contributed by atoms with Crippen LogP contribution < -0.4 is 11.1 Å². The van der Waals surface area contributed by atoms with E-state index in [1.165, 1.54) is 11.3 Å². The lowest BCUT2D eigenvalue weighted by atomic mass is 10.0. The molecule has 1 fully saturated rings. The van der Waals surface area contributed by atoms with Crippen molar-refractivity contribution in [3.05, 3.63) is 70.4 Å². The summed E-state index contributed by atoms with van der Waals surface area (Å²) < 4.78 is 0. The third kappa shape index (κ3) is 4.45. The van der Waals surface area contributed by atoms with Crippen LogP contribution >= 0.6 is 23.7 Å². The number of halogens is 1. The van der Waals surface area contributed by atoms with Crippen LogP contribution in [-0.4, -0.2) is 35.8 Å². The summed E-state index contributed by atoms with van der Waals surface area (Å²) in [7, 11) is 0. The predicted octanol–water partition coefficient (Wildman–Crippen LogP) is 3.74. The SMILES string of the molecule is Cl.NCC(NC(=O)C1CCCN1C(=O)c1cccs1)c1ccc2ccccc2c1. The van der Waals surface area contributed by atoms with Gasteiger partial charge in [-0.25, -0.2) is 0 Å². The zero-order valence-electron chi connectivity index (χ0n) is 15.9. The molecule has 152 valence electrons. The zero-order chi connectivity index (χ0) is 19.5. The molecule has 1 aliphatic rings. The second kappa shape index (κ2) is 9.39. The van der Waals surface area contributed by atoms with Gasteiger partial charge in [-0.05, 0) is 46.7 Å². The summed E-state index contributed by atoms with van der Waals surface area (Å²) in [6.07, 6.45) is 1.51. The fraction of sp³-hybridized carbons (Fsp3) is 0.273. The topological polar surface area (TPSA) is 75.4 Å². The van der Waals surface area contributed by atoms with Gasteiger partial charge >= 0.3 is 0 Å². The molecule has 5 nitrogen and oxygen atoms in total. The molecule has 1 saturated heterocycles. The highest BCUT2D eigenvalue weighted by molar-refractivity contribution is 7.12. The van der Waals surface area contributed by atoms with Crippen molar-refractivity contribution in [2.75, 3.05) is 13.1 Å². The Morgan fingerprint density at radius 2 is 1.93 bits per heavy atom. The van der Waals surface area contributed by atoms with E-state index in [0.717, 1.165) is 22.8 Å². The van der Waals surface area contributed by atoms with Gasteiger partial charge in [-0.3, -0.25) is 9.59 Å². The summed E-state index contributed by atoms with van der Waals surface area (Å²) in [5.74, 6) is -0.200. The molecule has 0 radical (unpaired) electrons. The van der Waals surface area contributed by atoms with Crippen LogP contribution in [0.15, 0.2) is 60.0 Å². The number of carbonyl (C=O) groups excluding carboxylic acids is 2. The molecule has 2 aromatic carbocycles. The van der Waals surface area contributed by atoms with Gasteiger partial charge in [0.1, 0.15) is 6.04 Å². The maximum absolute atomic E-state index is 13.0. The first kappa shape index (κ1) is 21.3. The molecule has 0 aliphatic carbocycles. The molecule has 4 rings (SSSR count). The first-order chi connectivity index (χ1) is 13.7. The summed E-state index contributed by atoms with van der Waals surface area (Å²) >= 11 is 1.41. The van der Waals surface area contributed by atoms with E-state index in [1.807, 2.05) is 41.8 Å². The fourth-order valence-electron chi connectivity index (χ4n) is 3.79. The van der Waals surface area contributed by atoms with E-state index in [1.54, 1.807) is 11.0 Å². The smallest absolute Gasteiger partial charge is 0.264 e. The van der Waals surface area contributed by atoms with Crippen LogP contribution in [-0.2, 0) is 4.79 Å². The molecule has 2 heterocycles. The molecule has 0 bridgehead atoms. The Balaban J connectivity index is 0.00000240. The Hall–Kier alpha value is -2.41. The van der Waals surface area contributed by atoms with E-state index < -0.39 is 6.04 Å². The van der Waals surface area contributed by atoms with Crippen molar-refractivity contribution in [3.63, 3.8) is 0 Å². The number of hydrogen-bond donors (Lipinski definition) is 2. The van der Waals surface area contributed by atoms with Gasteiger partial charge in [-0.1, -0.05) is 42.5 Å². The van der Waals surface area contributed by atoms with Crippen LogP contribution in [0.2, 0.25) is 0 Å². The number of thiophene rings is 1. The Bertz CT molecular complexity index is 993. The predicted molar refractivity (Wildman–Crippen MR) is 120 cm³/mol. The van der Waals surface area contributed by atoms with Crippen molar-refractivity contribution in [1.82, 2.24) is 10.2 Å². The van der Waals surface area contributed by atoms with E-state index >= 15 is 0 Å². The van der Waals surface area contributed by atoms with Crippen LogP contribution in [0, 0.1) is 0 Å². The zero-order valence-corrected chi connectivity index (χ0v) is 17.5. The normalized spacial score (nSPS) is 17.0. The number of carbonyl (C=O) groups is 2. The first-order valence-corrected chi connectivity index (χ1v) is 10.4. The number of benzene rings is 2. The molecule has 2 amide bonds. The third-order valence-corrected chi connectivity index (χ3v) is 6.13. The van der Waals surface area contributed by atoms with Gasteiger partial charge in [0.15, 0.2) is 0 Å². The standard InChI is InChI=1S/C22H23N3O2S.ClH/c23-14-18(17-10-9-15-5-1-2-6-16(15)13-17)24-21(26)19-7-3-11-25(19)22(27)20-8-4-12-28-20;/h1-2,4-6,8-10,12-13,18-19H,3,7,11,14,23H2,(H,24,26);1H. The minimum Gasteiger partial charge on any atom is -0.346 e. The van der Waals surface area contributed by atoms with Crippen molar-refractivity contribution >= 4 is 46.3 Å². The second-order valence-corrected chi connectivity index (χ2v) is 7.99. The molecule has 3 aromatic rings. The van der Waals surface area contributed by atoms with Crippen LogP contribution in [0.5, 0.6) is 0 Å². The third-order valence-electron chi connectivity index (χ3n) is 5.28. The van der Waals surface area contributed by atoms with Gasteiger partial charge in [0.25, 0.3) is 5.91 Å². The molecule has 1 aromatic heterocycles. The van der Waals surface area contributed by atoms with E-state index in [4.69, 9.17) is 5.73 Å². The lowest BCUT2D eigenvalue weighted by Crippen LogP contribution is -2.47. The van der Waals surface area contributed by atoms with Gasteiger partial charge in [0.2, 0.25) is 5.91 Å². The van der Waals surface area contributed by atoms with Gasteiger partial charge in [0.05, 0.1) is 10.9 Å². The van der Waals surface area contributed by atoms with Crippen molar-refractivity contribution in [3.8, 4) is 0 Å². The average Bonchev–Trinajstić information content (AvgIpc) is 3.43. The molecule has 7 heteroatoms. The summed E-state index contributed by atoms with van der Waals surface area (Å²) in [5.41, 5.74) is 6.95. The highest BCUT2D eigenvalue weighted by Gasteiger charge is 2.35. The first-order valence-electron chi connectivity index (χ1n) is 9.51. The summed E-state index contributed by atoms with van der Waals surface area (Å²) in [4.78, 5) is 28.1. The minimum absolute atomic E-state index is 0. The van der Waals surface area contributed by atoms with Crippen LogP contribution in [0.25, 0.3) is 10.8 Å². The number of fused-ring (bicyclic) bond motifs is 1. The van der Waals surface area contributed by atoms with Crippen molar-refractivity contribution in [1.29, 1.82) is 0 Å². The van der Waals surface area contributed by atoms with Crippen molar-refractivity contribution in [2.24, 2.45) is 5.73 Å². The molecule has 3 N–H and O–H groups in total. The van der Waals surface area contributed by atoms with Gasteiger partial charge in [-0.15, -0.1) is 23.7 Å². The highest BCUT2D eigenvalue weighted by Crippen LogP contribution is 2.24. The maximum Gasteiger partial charge on any atom is 0.264 e. The Morgan fingerprint density at radius 1 is 1.14 bits per heavy atom. The van der Waals surface area contributed by atoms with E-state index in [-0.39, 0.29) is 30.3 Å². The van der Waals surface area contributed by atoms with Gasteiger partial charge in [0, 0.05) is 13.1 Å². The lowest BCUT2D eigenvalue weighted by molar-refractivity contribution is -0.125. The number of nitrogens with zero attached hydrogens (tertiary/aromatic N) is 1. The Kier molecular flexibility index (Phi) is 6.90. The maximum atomic E-state index is 13.0. The van der Waals surface area contributed by atoms with E-state index in [2.05, 4.69) is 17.4 Å². The summed E-state index contributed by atoms with van der Waals surface area (Å²) in [6, 6.07) is 17.2. The van der Waals surface area contributed by atoms with Gasteiger partial charge < -0.3 is 16.0 Å². The Morgan fingerprint density at radius 3 is 2.66 bits per heavy atom. The Labute approximate surface area is 180 Å². The molecule has 29 heavy (non-hydrogen) atoms. The number of likely N-dealkylation sites (tertiary alicyclic amines) is 1. The fourth-order valence-corrected chi connectivity index (χ4v) is 4.47. The number of hydrogen-bond acceptors (Lipinski definition) is 4. The second-order valence-electron chi connectivity index (χ2n) is 7.04. The molecular formula is C22H24ClN3O2S. The highest BCUT2D eigenvalue weighted by atomic mass is 35.5. The lowest BCUT2D eigenvalue weighted by Gasteiger charge is -2.26. The van der Waals surface area contributed by atoms with Crippen molar-refractivity contribution in [2.45, 2.75) is 24.9 Å². The quantitative estimate of drug-likeness (QED) is 0.648. The monoisotopic (exact) mass is 429 g/mol. The molecule has 1 aliphatic heterocycles. The molecular weight excluding hydrogens is 406 g/mol. The summed E-state index contributed by atoms with van der Waals surface area (Å²) in [6.45, 7) is 0.910. The summed E-state index contributed by atoms with van der Waals surface area (Å²) in [5, 5.41) is 7.21. The van der Waals surface area contributed by atoms with E-state index in [9.17, 15) is 9.59 Å². The largest absolute Gasteiger partial charge is 0.346 e. The number of rotatable bonds is 5. The number of nitrogens with one attached hydrogen (secondary N) is 1. The molecule has 2 unspecified atom stereocenters. The van der Waals surface area contributed by atoms with E-state index in [0.29, 0.717) is 24.4 Å². The molecule has 2 atom stereocenters. The van der Waals surface area contributed by atoms with Gasteiger partial charge in [-0.2, -0.15) is 0 Å². The van der Waals surface area contributed by atoms with Crippen molar-refractivity contribution < 1.29 is 9.59 Å². The van der Waals surface area contributed by atoms with Crippen LogP contribution in [0.1, 0.15) is 34.1 Å². The number of nitrogens with two attached hydrogens (primary N) is 1. The van der Waals surface area contributed by atoms with Crippen LogP contribution in [0.4, 0.5) is 0 Å². The molecule has 0 spiro atoms. The average molecular weight is 430 g/mol. The number of amides is 2. The minimum atomic E-state index is -0.441. The van der Waals surface area contributed by atoms with Crippen LogP contribution in [0.3, 0.4) is 0 Å². The molecule has 0 saturated carbocycles.